The SMILES string of the molecule is CNC(CN1CCCC(C)C1=O)c1cc(C)ccc1C. The van der Waals surface area contributed by atoms with Crippen LogP contribution in [0.5, 0.6) is 0 Å². The maximum atomic E-state index is 12.3. The fraction of sp³-hybridized carbons (Fsp3) is 0.588. The van der Waals surface area contributed by atoms with Crippen LogP contribution in [-0.4, -0.2) is 30.9 Å². The topological polar surface area (TPSA) is 32.3 Å². The summed E-state index contributed by atoms with van der Waals surface area (Å²) in [6.45, 7) is 7.96. The summed E-state index contributed by atoms with van der Waals surface area (Å²) in [5, 5.41) is 3.38. The number of rotatable bonds is 4. The number of hydrogen-bond acceptors (Lipinski definition) is 2. The Balaban J connectivity index is 2.16. The van der Waals surface area contributed by atoms with Gasteiger partial charge in [0, 0.05) is 25.0 Å². The Morgan fingerprint density at radius 2 is 2.15 bits per heavy atom. The van der Waals surface area contributed by atoms with E-state index in [0.29, 0.717) is 5.91 Å². The maximum absolute atomic E-state index is 12.3. The van der Waals surface area contributed by atoms with E-state index in [-0.39, 0.29) is 12.0 Å². The molecule has 1 saturated heterocycles. The van der Waals surface area contributed by atoms with E-state index < -0.39 is 0 Å². The fourth-order valence-electron chi connectivity index (χ4n) is 3.02. The molecule has 20 heavy (non-hydrogen) atoms. The molecule has 1 aliphatic rings. The van der Waals surface area contributed by atoms with Crippen molar-refractivity contribution in [3.05, 3.63) is 34.9 Å². The normalized spacial score (nSPS) is 21.1. The first-order valence-electron chi connectivity index (χ1n) is 7.56. The van der Waals surface area contributed by atoms with Gasteiger partial charge in [-0.1, -0.05) is 30.7 Å². The first-order chi connectivity index (χ1) is 9.52. The predicted molar refractivity (Wildman–Crippen MR) is 82.7 cm³/mol. The molecule has 2 rings (SSSR count). The van der Waals surface area contributed by atoms with Gasteiger partial charge in [-0.15, -0.1) is 0 Å². The van der Waals surface area contributed by atoms with Crippen LogP contribution in [0.1, 0.15) is 42.5 Å². The van der Waals surface area contributed by atoms with Gasteiger partial charge in [-0.25, -0.2) is 0 Å². The Kier molecular flexibility index (Phi) is 4.81. The van der Waals surface area contributed by atoms with E-state index in [2.05, 4.69) is 37.4 Å². The van der Waals surface area contributed by atoms with Gasteiger partial charge in [0.1, 0.15) is 0 Å². The van der Waals surface area contributed by atoms with Crippen LogP contribution in [-0.2, 0) is 4.79 Å². The lowest BCUT2D eigenvalue weighted by atomic mass is 9.95. The van der Waals surface area contributed by atoms with E-state index in [4.69, 9.17) is 0 Å². The summed E-state index contributed by atoms with van der Waals surface area (Å²) < 4.78 is 0. The molecule has 1 aliphatic heterocycles. The zero-order valence-corrected chi connectivity index (χ0v) is 13.1. The highest BCUT2D eigenvalue weighted by Crippen LogP contribution is 2.23. The number of piperidine rings is 1. The third kappa shape index (κ3) is 3.21. The molecule has 1 fully saturated rings. The van der Waals surface area contributed by atoms with Gasteiger partial charge < -0.3 is 10.2 Å². The molecule has 3 nitrogen and oxygen atoms in total. The highest BCUT2D eigenvalue weighted by Gasteiger charge is 2.27. The zero-order chi connectivity index (χ0) is 14.7. The minimum atomic E-state index is 0.180. The standard InChI is InChI=1S/C17H26N2O/c1-12-7-8-13(2)15(10-12)16(18-4)11-19-9-5-6-14(3)17(19)20/h7-8,10,14,16,18H,5-6,9,11H2,1-4H3. The molecule has 0 aromatic heterocycles. The fourth-order valence-corrected chi connectivity index (χ4v) is 3.02. The van der Waals surface area contributed by atoms with Crippen molar-refractivity contribution in [2.24, 2.45) is 5.92 Å². The number of carbonyl (C=O) groups is 1. The molecule has 0 saturated carbocycles. The lowest BCUT2D eigenvalue weighted by Gasteiger charge is -2.34. The molecule has 0 bridgehead atoms. The lowest BCUT2D eigenvalue weighted by Crippen LogP contribution is -2.44. The highest BCUT2D eigenvalue weighted by atomic mass is 16.2. The molecule has 110 valence electrons. The largest absolute Gasteiger partial charge is 0.341 e. The van der Waals surface area contributed by atoms with E-state index in [1.807, 2.05) is 18.9 Å². The Morgan fingerprint density at radius 3 is 2.85 bits per heavy atom. The van der Waals surface area contributed by atoms with Crippen LogP contribution < -0.4 is 5.32 Å². The van der Waals surface area contributed by atoms with Crippen LogP contribution in [0.15, 0.2) is 18.2 Å². The van der Waals surface area contributed by atoms with Crippen molar-refractivity contribution in [3.8, 4) is 0 Å². The second-order valence-electron chi connectivity index (χ2n) is 6.03. The molecule has 0 aliphatic carbocycles. The molecule has 1 amide bonds. The molecule has 0 spiro atoms. The van der Waals surface area contributed by atoms with Crippen molar-refractivity contribution in [3.63, 3.8) is 0 Å². The average molecular weight is 274 g/mol. The second kappa shape index (κ2) is 6.40. The van der Waals surface area contributed by atoms with E-state index in [9.17, 15) is 4.79 Å². The lowest BCUT2D eigenvalue weighted by molar-refractivity contribution is -0.138. The van der Waals surface area contributed by atoms with Crippen molar-refractivity contribution in [1.29, 1.82) is 0 Å². The number of likely N-dealkylation sites (N-methyl/N-ethyl adjacent to an activating group) is 1. The number of hydrogen-bond donors (Lipinski definition) is 1. The second-order valence-corrected chi connectivity index (χ2v) is 6.03. The van der Waals surface area contributed by atoms with Gasteiger partial charge in [-0.05, 0) is 44.9 Å². The number of nitrogens with zero attached hydrogens (tertiary/aromatic N) is 1. The highest BCUT2D eigenvalue weighted by molar-refractivity contribution is 5.79. The maximum Gasteiger partial charge on any atom is 0.225 e. The molecule has 1 aromatic rings. The third-order valence-electron chi connectivity index (χ3n) is 4.36. The minimum Gasteiger partial charge on any atom is -0.341 e. The summed E-state index contributed by atoms with van der Waals surface area (Å²) in [7, 11) is 1.98. The van der Waals surface area contributed by atoms with Gasteiger partial charge in [0.2, 0.25) is 5.91 Å². The first kappa shape index (κ1) is 15.0. The Hall–Kier alpha value is -1.35. The summed E-state index contributed by atoms with van der Waals surface area (Å²) in [5.41, 5.74) is 3.86. The number of nitrogens with one attached hydrogen (secondary N) is 1. The number of aryl methyl sites for hydroxylation is 2. The summed E-state index contributed by atoms with van der Waals surface area (Å²) in [6, 6.07) is 6.74. The quantitative estimate of drug-likeness (QED) is 0.915. The van der Waals surface area contributed by atoms with Gasteiger partial charge in [0.15, 0.2) is 0 Å². The van der Waals surface area contributed by atoms with E-state index >= 15 is 0 Å². The van der Waals surface area contributed by atoms with Gasteiger partial charge >= 0.3 is 0 Å². The van der Waals surface area contributed by atoms with Gasteiger partial charge in [0.05, 0.1) is 0 Å². The van der Waals surface area contributed by atoms with Crippen molar-refractivity contribution in [1.82, 2.24) is 10.2 Å². The molecule has 2 atom stereocenters. The monoisotopic (exact) mass is 274 g/mol. The van der Waals surface area contributed by atoms with Gasteiger partial charge in [-0.3, -0.25) is 4.79 Å². The molecule has 3 heteroatoms. The van der Waals surface area contributed by atoms with Crippen molar-refractivity contribution >= 4 is 5.91 Å². The summed E-state index contributed by atoms with van der Waals surface area (Å²) in [5.74, 6) is 0.488. The summed E-state index contributed by atoms with van der Waals surface area (Å²) >= 11 is 0. The molecular formula is C17H26N2O. The molecular weight excluding hydrogens is 248 g/mol. The predicted octanol–water partition coefficient (Wildman–Crippen LogP) is 2.82. The Labute approximate surface area is 122 Å². The molecule has 0 radical (unpaired) electrons. The Bertz CT molecular complexity index is 484. The zero-order valence-electron chi connectivity index (χ0n) is 13.1. The summed E-state index contributed by atoms with van der Waals surface area (Å²) in [4.78, 5) is 14.3. The molecule has 1 N–H and O–H groups in total. The Morgan fingerprint density at radius 1 is 1.40 bits per heavy atom. The number of benzene rings is 1. The summed E-state index contributed by atoms with van der Waals surface area (Å²) in [6.07, 6.45) is 2.15. The van der Waals surface area contributed by atoms with Crippen LogP contribution in [0.4, 0.5) is 0 Å². The first-order valence-corrected chi connectivity index (χ1v) is 7.56. The number of carbonyl (C=O) groups excluding carboxylic acids is 1. The van der Waals surface area contributed by atoms with E-state index in [1.165, 1.54) is 16.7 Å². The average Bonchev–Trinajstić information content (AvgIpc) is 2.43. The number of amides is 1. The van der Waals surface area contributed by atoms with Crippen LogP contribution in [0, 0.1) is 19.8 Å². The molecule has 1 heterocycles. The molecule has 1 aromatic carbocycles. The van der Waals surface area contributed by atoms with Crippen molar-refractivity contribution < 1.29 is 4.79 Å². The van der Waals surface area contributed by atoms with Crippen molar-refractivity contribution in [2.75, 3.05) is 20.1 Å². The van der Waals surface area contributed by atoms with Crippen LogP contribution >= 0.6 is 0 Å². The van der Waals surface area contributed by atoms with Gasteiger partial charge in [-0.2, -0.15) is 0 Å². The van der Waals surface area contributed by atoms with Crippen LogP contribution in [0.2, 0.25) is 0 Å². The van der Waals surface area contributed by atoms with Gasteiger partial charge in [0.25, 0.3) is 0 Å². The van der Waals surface area contributed by atoms with E-state index in [0.717, 1.165) is 25.9 Å². The third-order valence-corrected chi connectivity index (χ3v) is 4.36. The minimum absolute atomic E-state index is 0.180. The van der Waals surface area contributed by atoms with Crippen LogP contribution in [0.3, 0.4) is 0 Å². The van der Waals surface area contributed by atoms with E-state index in [1.54, 1.807) is 0 Å². The van der Waals surface area contributed by atoms with Crippen molar-refractivity contribution in [2.45, 2.75) is 39.7 Å². The smallest absolute Gasteiger partial charge is 0.225 e. The van der Waals surface area contributed by atoms with Crippen LogP contribution in [0.25, 0.3) is 0 Å². The number of likely N-dealkylation sites (tertiary alicyclic amines) is 1. The molecule has 2 unspecified atom stereocenters.